The minimum Gasteiger partial charge on any atom is -0.377 e. The Morgan fingerprint density at radius 2 is 1.63 bits per heavy atom. The van der Waals surface area contributed by atoms with E-state index in [0.717, 1.165) is 53.9 Å². The first-order chi connectivity index (χ1) is 20.5. The summed E-state index contributed by atoms with van der Waals surface area (Å²) in [6.07, 6.45) is 14.0. The van der Waals surface area contributed by atoms with Crippen LogP contribution in [-0.2, 0) is 16.8 Å². The molecule has 1 atom stereocenters. The summed E-state index contributed by atoms with van der Waals surface area (Å²) in [4.78, 5) is 0. The van der Waals surface area contributed by atoms with Crippen LogP contribution in [0.3, 0.4) is 0 Å². The van der Waals surface area contributed by atoms with Crippen LogP contribution in [0, 0.1) is 30.4 Å². The van der Waals surface area contributed by atoms with E-state index in [4.69, 9.17) is 16.3 Å². The van der Waals surface area contributed by atoms with Crippen molar-refractivity contribution in [3.05, 3.63) is 87.0 Å². The van der Waals surface area contributed by atoms with Gasteiger partial charge in [0.15, 0.2) is 0 Å². The average molecular weight is 631 g/mol. The number of benzene rings is 2. The Hall–Kier alpha value is -1.80. The summed E-state index contributed by atoms with van der Waals surface area (Å²) in [6.45, 7) is 17.9. The first-order valence-electron chi connectivity index (χ1n) is 16.3. The van der Waals surface area contributed by atoms with Crippen molar-refractivity contribution in [1.82, 2.24) is 0 Å². The van der Waals surface area contributed by atoms with Gasteiger partial charge in [0.2, 0.25) is 0 Å². The van der Waals surface area contributed by atoms with Gasteiger partial charge in [-0.3, -0.25) is 0 Å². The van der Waals surface area contributed by atoms with Crippen LogP contribution in [-0.4, -0.2) is 11.9 Å². The Balaban J connectivity index is 0.000000244. The van der Waals surface area contributed by atoms with E-state index in [1.807, 2.05) is 19.9 Å². The molecule has 0 saturated heterocycles. The highest BCUT2D eigenvalue weighted by Gasteiger charge is 2.47. The van der Waals surface area contributed by atoms with Crippen LogP contribution in [0.5, 0.6) is 0 Å². The van der Waals surface area contributed by atoms with Crippen molar-refractivity contribution in [3.8, 4) is 0 Å². The molecule has 0 aliphatic heterocycles. The molecule has 0 amide bonds. The monoisotopic (exact) mass is 630 g/mol. The number of allylic oxidation sites excluding steroid dienone is 4. The summed E-state index contributed by atoms with van der Waals surface area (Å²) < 4.78 is 33.7. The molecule has 0 spiro atoms. The summed E-state index contributed by atoms with van der Waals surface area (Å²) in [5.74, 6) is 1.13. The molecule has 43 heavy (non-hydrogen) atoms. The van der Waals surface area contributed by atoms with Crippen LogP contribution in [0.4, 0.5) is 8.78 Å². The number of halogens is 3. The Kier molecular flexibility index (Phi) is 15.9. The largest absolute Gasteiger partial charge is 0.377 e. The number of hydrogen-bond donors (Lipinski definition) is 0. The van der Waals surface area contributed by atoms with Crippen LogP contribution in [0.25, 0.3) is 5.57 Å². The molecular formula is C38H54ClF2OP. The molecule has 5 heteroatoms. The maximum atomic E-state index is 14.4. The molecule has 2 aromatic carbocycles. The molecule has 1 unspecified atom stereocenters. The van der Waals surface area contributed by atoms with E-state index in [9.17, 15) is 8.78 Å². The van der Waals surface area contributed by atoms with Crippen LogP contribution in [0.2, 0.25) is 5.02 Å². The lowest BCUT2D eigenvalue weighted by Crippen LogP contribution is -2.18. The van der Waals surface area contributed by atoms with E-state index in [-0.39, 0.29) is 17.0 Å². The summed E-state index contributed by atoms with van der Waals surface area (Å²) in [6, 6.07) is 8.59. The predicted octanol–water partition coefficient (Wildman–Crippen LogP) is 12.5. The summed E-state index contributed by atoms with van der Waals surface area (Å²) in [5.41, 5.74) is 5.66. The van der Waals surface area contributed by atoms with Gasteiger partial charge >= 0.3 is 0 Å². The van der Waals surface area contributed by atoms with Gasteiger partial charge in [0.05, 0.1) is 6.61 Å². The second-order valence-electron chi connectivity index (χ2n) is 12.2. The molecule has 3 aliphatic rings. The van der Waals surface area contributed by atoms with Gasteiger partial charge in [-0.25, -0.2) is 8.78 Å². The van der Waals surface area contributed by atoms with Gasteiger partial charge in [0.1, 0.15) is 11.6 Å². The van der Waals surface area contributed by atoms with Crippen molar-refractivity contribution in [2.45, 2.75) is 119 Å². The predicted molar refractivity (Wildman–Crippen MR) is 187 cm³/mol. The molecule has 2 fully saturated rings. The van der Waals surface area contributed by atoms with Crippen molar-refractivity contribution in [2.75, 3.05) is 6.61 Å². The van der Waals surface area contributed by atoms with Gasteiger partial charge < -0.3 is 4.74 Å². The number of ether oxygens (including phenoxy) is 1. The summed E-state index contributed by atoms with van der Waals surface area (Å²) in [5, 5.41) is 1.64. The van der Waals surface area contributed by atoms with Crippen LogP contribution >= 0.6 is 20.5 Å². The van der Waals surface area contributed by atoms with E-state index in [1.54, 1.807) is 18.2 Å². The number of hydrogen-bond acceptors (Lipinski definition) is 1. The fraction of sp³-hybridized carbons (Fsp3) is 0.553. The van der Waals surface area contributed by atoms with Crippen LogP contribution < -0.4 is 0 Å². The molecule has 3 aliphatic carbocycles. The molecule has 238 valence electrons. The van der Waals surface area contributed by atoms with Gasteiger partial charge in [-0.05, 0) is 97.1 Å². The third kappa shape index (κ3) is 10.7. The molecule has 2 aromatic rings. The second kappa shape index (κ2) is 18.2. The Labute approximate surface area is 268 Å². The normalized spacial score (nSPS) is 18.0. The minimum atomic E-state index is -0.191. The lowest BCUT2D eigenvalue weighted by atomic mass is 9.88. The molecule has 5 rings (SSSR count). The van der Waals surface area contributed by atoms with E-state index >= 15 is 0 Å². The van der Waals surface area contributed by atoms with Crippen LogP contribution in [0.15, 0.2) is 48.1 Å². The lowest BCUT2D eigenvalue weighted by Gasteiger charge is -2.18. The van der Waals surface area contributed by atoms with Gasteiger partial charge in [-0.2, -0.15) is 0 Å². The standard InChI is InChI=1S/C18H23FO.C12H13ClFP.C5H10.C3H8/c1-5-14-10-15(9-13(14)4)18-16(11-20-6-2)7-12(3)8-17(18)19;1-2-11(15)12(5-6-12)9-4-3-8(13)7-10(9)14;1-5-3-2-4-5;1-3-2/h7-10,13H,5-6,11H2,1-4H3;3-4,7,15H,2,5-6H2,1H3;5H,2-4H2,1H3;3H2,1-2H3. The first kappa shape index (κ1) is 37.4. The van der Waals surface area contributed by atoms with E-state index in [1.165, 1.54) is 42.6 Å². The summed E-state index contributed by atoms with van der Waals surface area (Å²) in [7, 11) is 3.62. The molecule has 1 nitrogen and oxygen atoms in total. The van der Waals surface area contributed by atoms with Crippen LogP contribution in [0.1, 0.15) is 122 Å². The quantitative estimate of drug-likeness (QED) is 0.264. The Bertz CT molecular complexity index is 1260. The lowest BCUT2D eigenvalue weighted by molar-refractivity contribution is 0.133. The van der Waals surface area contributed by atoms with E-state index in [2.05, 4.69) is 62.6 Å². The third-order valence-electron chi connectivity index (χ3n) is 8.35. The fourth-order valence-corrected chi connectivity index (χ4v) is 6.03. The highest BCUT2D eigenvalue weighted by Crippen LogP contribution is 2.51. The highest BCUT2D eigenvalue weighted by atomic mass is 35.5. The minimum absolute atomic E-state index is 0.0691. The Morgan fingerprint density at radius 1 is 1.00 bits per heavy atom. The zero-order valence-electron chi connectivity index (χ0n) is 27.8. The average Bonchev–Trinajstić information content (AvgIpc) is 3.67. The Morgan fingerprint density at radius 3 is 2.07 bits per heavy atom. The molecule has 2 saturated carbocycles. The second-order valence-corrected chi connectivity index (χ2v) is 13.2. The maximum absolute atomic E-state index is 14.4. The van der Waals surface area contributed by atoms with Crippen molar-refractivity contribution in [1.29, 1.82) is 0 Å². The smallest absolute Gasteiger partial charge is 0.131 e. The molecule has 0 radical (unpaired) electrons. The third-order valence-corrected chi connectivity index (χ3v) is 9.42. The molecule has 0 bridgehead atoms. The van der Waals surface area contributed by atoms with Gasteiger partial charge in [-0.15, -0.1) is 8.86 Å². The SMILES string of the molecule is CC1CCC1.CCC.CCC(=P)C1(c2ccc(Cl)cc2F)CC1.CCOCc1cc(C)cc(F)c1C1=CC(C)C(CC)=C1. The van der Waals surface area contributed by atoms with Crippen molar-refractivity contribution in [3.63, 3.8) is 0 Å². The zero-order valence-corrected chi connectivity index (χ0v) is 29.6. The fourth-order valence-electron chi connectivity index (χ4n) is 5.49. The van der Waals surface area contributed by atoms with Crippen molar-refractivity contribution in [2.24, 2.45) is 11.8 Å². The van der Waals surface area contributed by atoms with E-state index in [0.29, 0.717) is 29.7 Å². The van der Waals surface area contributed by atoms with Crippen molar-refractivity contribution >= 4 is 31.3 Å². The van der Waals surface area contributed by atoms with Gasteiger partial charge in [0, 0.05) is 22.6 Å². The first-order valence-corrected chi connectivity index (χ1v) is 17.2. The number of rotatable bonds is 8. The zero-order chi connectivity index (χ0) is 32.2. The van der Waals surface area contributed by atoms with Gasteiger partial charge in [0.25, 0.3) is 0 Å². The molecule has 0 aromatic heterocycles. The number of aryl methyl sites for hydroxylation is 1. The topological polar surface area (TPSA) is 9.23 Å². The van der Waals surface area contributed by atoms with E-state index < -0.39 is 0 Å². The van der Waals surface area contributed by atoms with Crippen molar-refractivity contribution < 1.29 is 13.5 Å². The molecular weight excluding hydrogens is 577 g/mol. The molecule has 0 heterocycles. The maximum Gasteiger partial charge on any atom is 0.131 e. The highest BCUT2D eigenvalue weighted by molar-refractivity contribution is 7.21. The molecule has 0 N–H and O–H groups in total. The summed E-state index contributed by atoms with van der Waals surface area (Å²) >= 11 is 5.74. The van der Waals surface area contributed by atoms with Gasteiger partial charge in [-0.1, -0.05) is 109 Å².